The maximum absolute atomic E-state index is 14.9. The molecule has 3 rings (SSSR count). The number of ether oxygens (including phenoxy) is 1. The van der Waals surface area contributed by atoms with Gasteiger partial charge in [-0.3, -0.25) is 14.6 Å². The summed E-state index contributed by atoms with van der Waals surface area (Å²) in [5, 5.41) is 0. The fourth-order valence-electron chi connectivity index (χ4n) is 3.51. The number of pyridine rings is 2. The van der Waals surface area contributed by atoms with Crippen LogP contribution in [0.3, 0.4) is 0 Å². The van der Waals surface area contributed by atoms with E-state index in [9.17, 15) is 14.0 Å². The average molecular weight is 435 g/mol. The van der Waals surface area contributed by atoms with Crippen molar-refractivity contribution >= 4 is 17.4 Å². The number of halogens is 1. The number of nitrogens with zero attached hydrogens (tertiary/aromatic N) is 3. The van der Waals surface area contributed by atoms with Gasteiger partial charge in [0.2, 0.25) is 11.8 Å². The van der Waals surface area contributed by atoms with Gasteiger partial charge in [-0.15, -0.1) is 0 Å². The van der Waals surface area contributed by atoms with Crippen LogP contribution in [0.5, 0.6) is 5.88 Å². The summed E-state index contributed by atoms with van der Waals surface area (Å²) in [7, 11) is 3.11. The van der Waals surface area contributed by atoms with Crippen molar-refractivity contribution in [1.29, 1.82) is 0 Å². The first-order valence-electron chi connectivity index (χ1n) is 10.4. The number of methoxy groups -OCH3 is 1. The second kappa shape index (κ2) is 10.1. The van der Waals surface area contributed by atoms with E-state index in [1.807, 2.05) is 6.07 Å². The zero-order valence-electron chi connectivity index (χ0n) is 18.7. The third-order valence-corrected chi connectivity index (χ3v) is 5.43. The van der Waals surface area contributed by atoms with Crippen LogP contribution in [0, 0.1) is 12.7 Å². The van der Waals surface area contributed by atoms with Gasteiger partial charge in [-0.2, -0.15) is 0 Å². The smallest absolute Gasteiger partial charge is 0.226 e. The Labute approximate surface area is 187 Å². The maximum Gasteiger partial charge on any atom is 0.226 e. The molecule has 0 radical (unpaired) electrons. The minimum Gasteiger partial charge on any atom is -0.481 e. The van der Waals surface area contributed by atoms with Crippen molar-refractivity contribution in [3.05, 3.63) is 71.4 Å². The Morgan fingerprint density at radius 1 is 1.12 bits per heavy atom. The number of amides is 1. The lowest BCUT2D eigenvalue weighted by Gasteiger charge is -2.19. The SMILES string of the molecule is CCC(=O)N(C)c1ccc(-c2ccc(C(=O)CCc3cccnc3OC)nc2)c(C)c1F. The largest absolute Gasteiger partial charge is 0.481 e. The fourth-order valence-corrected chi connectivity index (χ4v) is 3.51. The van der Waals surface area contributed by atoms with Gasteiger partial charge in [0.1, 0.15) is 11.5 Å². The topological polar surface area (TPSA) is 72.4 Å². The van der Waals surface area contributed by atoms with Gasteiger partial charge >= 0.3 is 0 Å². The van der Waals surface area contributed by atoms with Crippen molar-refractivity contribution in [2.24, 2.45) is 0 Å². The molecule has 166 valence electrons. The van der Waals surface area contributed by atoms with E-state index in [1.165, 1.54) is 4.90 Å². The molecule has 32 heavy (non-hydrogen) atoms. The van der Waals surface area contributed by atoms with E-state index >= 15 is 0 Å². The molecule has 0 bridgehead atoms. The molecule has 0 atom stereocenters. The van der Waals surface area contributed by atoms with Crippen molar-refractivity contribution in [2.75, 3.05) is 19.1 Å². The summed E-state index contributed by atoms with van der Waals surface area (Å²) in [6, 6.07) is 10.4. The Kier molecular flexibility index (Phi) is 7.30. The van der Waals surface area contributed by atoms with E-state index in [4.69, 9.17) is 4.74 Å². The highest BCUT2D eigenvalue weighted by atomic mass is 19.1. The van der Waals surface area contributed by atoms with E-state index in [1.54, 1.807) is 70.7 Å². The molecular weight excluding hydrogens is 409 g/mol. The first kappa shape index (κ1) is 23.1. The summed E-state index contributed by atoms with van der Waals surface area (Å²) >= 11 is 0. The Hall–Kier alpha value is -3.61. The first-order valence-corrected chi connectivity index (χ1v) is 10.4. The normalized spacial score (nSPS) is 10.7. The number of hydrogen-bond donors (Lipinski definition) is 0. The highest BCUT2D eigenvalue weighted by Crippen LogP contribution is 2.31. The monoisotopic (exact) mass is 435 g/mol. The molecule has 0 saturated carbocycles. The molecule has 0 aliphatic carbocycles. The number of ketones is 1. The molecule has 0 aliphatic heterocycles. The van der Waals surface area contributed by atoms with E-state index in [0.29, 0.717) is 41.1 Å². The Bertz CT molecular complexity index is 1130. The highest BCUT2D eigenvalue weighted by molar-refractivity contribution is 5.95. The number of aryl methyl sites for hydroxylation is 1. The number of rotatable bonds is 8. The van der Waals surface area contributed by atoms with Crippen molar-refractivity contribution in [3.8, 4) is 17.0 Å². The zero-order valence-corrected chi connectivity index (χ0v) is 18.7. The van der Waals surface area contributed by atoms with Crippen LogP contribution < -0.4 is 9.64 Å². The van der Waals surface area contributed by atoms with Gasteiger partial charge in [-0.1, -0.05) is 25.1 Å². The van der Waals surface area contributed by atoms with Crippen LogP contribution in [0.1, 0.15) is 41.4 Å². The molecule has 0 saturated heterocycles. The molecule has 0 aliphatic rings. The van der Waals surface area contributed by atoms with E-state index in [2.05, 4.69) is 9.97 Å². The Morgan fingerprint density at radius 3 is 2.56 bits per heavy atom. The van der Waals surface area contributed by atoms with Crippen LogP contribution in [-0.2, 0) is 11.2 Å². The molecule has 7 heteroatoms. The molecule has 0 spiro atoms. The van der Waals surface area contributed by atoms with Gasteiger partial charge < -0.3 is 9.64 Å². The molecule has 0 N–H and O–H groups in total. The predicted molar refractivity (Wildman–Crippen MR) is 122 cm³/mol. The molecule has 2 aromatic heterocycles. The molecule has 1 aromatic carbocycles. The van der Waals surface area contributed by atoms with Crippen molar-refractivity contribution < 1.29 is 18.7 Å². The van der Waals surface area contributed by atoms with Crippen LogP contribution in [-0.4, -0.2) is 35.8 Å². The fraction of sp³-hybridized carbons (Fsp3) is 0.280. The van der Waals surface area contributed by atoms with Crippen LogP contribution >= 0.6 is 0 Å². The molecule has 1 amide bonds. The van der Waals surface area contributed by atoms with Gasteiger partial charge in [-0.25, -0.2) is 9.37 Å². The van der Waals surface area contributed by atoms with Gasteiger partial charge in [0.25, 0.3) is 0 Å². The van der Waals surface area contributed by atoms with Crippen molar-refractivity contribution in [2.45, 2.75) is 33.1 Å². The first-order chi connectivity index (χ1) is 15.4. The number of benzene rings is 1. The zero-order chi connectivity index (χ0) is 23.3. The molecule has 3 aromatic rings. The van der Waals surface area contributed by atoms with Gasteiger partial charge in [0, 0.05) is 43.4 Å². The number of anilines is 1. The van der Waals surface area contributed by atoms with Gasteiger partial charge in [0.15, 0.2) is 5.78 Å². The Balaban J connectivity index is 1.76. The van der Waals surface area contributed by atoms with Crippen molar-refractivity contribution in [3.63, 3.8) is 0 Å². The van der Waals surface area contributed by atoms with Gasteiger partial charge in [-0.05, 0) is 42.7 Å². The predicted octanol–water partition coefficient (Wildman–Crippen LogP) is 4.79. The lowest BCUT2D eigenvalue weighted by Crippen LogP contribution is -2.26. The average Bonchev–Trinajstić information content (AvgIpc) is 2.83. The molecule has 0 fully saturated rings. The number of aromatic nitrogens is 2. The quantitative estimate of drug-likeness (QED) is 0.476. The summed E-state index contributed by atoms with van der Waals surface area (Å²) in [4.78, 5) is 34.3. The minimum atomic E-state index is -0.447. The summed E-state index contributed by atoms with van der Waals surface area (Å²) in [5.41, 5.74) is 3.22. The minimum absolute atomic E-state index is 0.0968. The molecule has 6 nitrogen and oxygen atoms in total. The maximum atomic E-state index is 14.9. The lowest BCUT2D eigenvalue weighted by atomic mass is 9.99. The standard InChI is InChI=1S/C25H26FN3O3/c1-5-23(31)29(3)21-12-10-19(16(2)24(21)26)18-8-11-20(28-15-18)22(30)13-9-17-7-6-14-27-25(17)32-4/h6-8,10-12,14-15H,5,9,13H2,1-4H3. The van der Waals surface area contributed by atoms with E-state index in [0.717, 1.165) is 5.56 Å². The number of hydrogen-bond acceptors (Lipinski definition) is 5. The van der Waals surface area contributed by atoms with Crippen molar-refractivity contribution in [1.82, 2.24) is 9.97 Å². The molecule has 2 heterocycles. The van der Waals surface area contributed by atoms with Crippen LogP contribution in [0.4, 0.5) is 10.1 Å². The molecular formula is C25H26FN3O3. The molecule has 0 unspecified atom stereocenters. The second-order valence-corrected chi connectivity index (χ2v) is 7.40. The second-order valence-electron chi connectivity index (χ2n) is 7.40. The third-order valence-electron chi connectivity index (χ3n) is 5.43. The van der Waals surface area contributed by atoms with Gasteiger partial charge in [0.05, 0.1) is 12.8 Å². The lowest BCUT2D eigenvalue weighted by molar-refractivity contribution is -0.118. The third kappa shape index (κ3) is 4.82. The number of carbonyl (C=O) groups is 2. The Morgan fingerprint density at radius 2 is 1.91 bits per heavy atom. The van der Waals surface area contributed by atoms with E-state index in [-0.39, 0.29) is 23.8 Å². The summed E-state index contributed by atoms with van der Waals surface area (Å²) < 4.78 is 20.2. The van der Waals surface area contributed by atoms with Crippen LogP contribution in [0.15, 0.2) is 48.8 Å². The number of Topliss-reactive ketones (excluding diaryl/α,β-unsaturated/α-hetero) is 1. The van der Waals surface area contributed by atoms with Crippen LogP contribution in [0.2, 0.25) is 0 Å². The summed E-state index contributed by atoms with van der Waals surface area (Å²) in [5.74, 6) is -0.196. The van der Waals surface area contributed by atoms with E-state index < -0.39 is 5.82 Å². The summed E-state index contributed by atoms with van der Waals surface area (Å²) in [6.45, 7) is 3.40. The summed E-state index contributed by atoms with van der Waals surface area (Å²) in [6.07, 6.45) is 4.27. The number of carbonyl (C=O) groups excluding carboxylic acids is 2. The van der Waals surface area contributed by atoms with Crippen LogP contribution in [0.25, 0.3) is 11.1 Å². The highest BCUT2D eigenvalue weighted by Gasteiger charge is 2.18.